The van der Waals surface area contributed by atoms with Crippen LogP contribution in [-0.2, 0) is 4.79 Å². The first kappa shape index (κ1) is 11.6. The van der Waals surface area contributed by atoms with Gasteiger partial charge in [-0.3, -0.25) is 4.79 Å². The number of nitrogens with zero attached hydrogens (tertiary/aromatic N) is 1. The third kappa shape index (κ3) is 1.77. The van der Waals surface area contributed by atoms with Gasteiger partial charge < -0.3 is 11.1 Å². The first-order chi connectivity index (χ1) is 8.62. The maximum atomic E-state index is 12.1. The van der Waals surface area contributed by atoms with E-state index in [1.165, 1.54) is 0 Å². The predicted molar refractivity (Wildman–Crippen MR) is 76.7 cm³/mol. The van der Waals surface area contributed by atoms with E-state index in [1.54, 1.807) is 16.8 Å². The average Bonchev–Trinajstić information content (AvgIpc) is 3.03. The zero-order valence-corrected chi connectivity index (χ0v) is 11.1. The monoisotopic (exact) mass is 277 g/mol. The Balaban J connectivity index is 1.84. The van der Waals surface area contributed by atoms with E-state index in [1.807, 2.05) is 18.2 Å². The standard InChI is InChI=1S/C12H11N3OS2/c13-10(17)12(3-4-12)11(16)15-7-1-2-8-9(5-7)18-6-14-8/h1-2,5-6H,3-4H2,(H2,13,17)(H,15,16). The Morgan fingerprint density at radius 2 is 2.28 bits per heavy atom. The van der Waals surface area contributed by atoms with Gasteiger partial charge in [0.2, 0.25) is 5.91 Å². The molecular weight excluding hydrogens is 266 g/mol. The lowest BCUT2D eigenvalue weighted by Crippen LogP contribution is -2.34. The molecule has 3 rings (SSSR count). The first-order valence-corrected chi connectivity index (χ1v) is 6.85. The fourth-order valence-electron chi connectivity index (χ4n) is 1.89. The van der Waals surface area contributed by atoms with Gasteiger partial charge in [0, 0.05) is 5.69 Å². The van der Waals surface area contributed by atoms with Crippen LogP contribution >= 0.6 is 23.6 Å². The smallest absolute Gasteiger partial charge is 0.237 e. The molecule has 18 heavy (non-hydrogen) atoms. The summed E-state index contributed by atoms with van der Waals surface area (Å²) in [6.45, 7) is 0. The number of nitrogens with one attached hydrogen (secondary N) is 1. The molecule has 2 aromatic rings. The van der Waals surface area contributed by atoms with Crippen molar-refractivity contribution >= 4 is 50.4 Å². The summed E-state index contributed by atoms with van der Waals surface area (Å²) in [5, 5.41) is 2.88. The summed E-state index contributed by atoms with van der Waals surface area (Å²) in [4.78, 5) is 16.6. The highest BCUT2D eigenvalue weighted by Gasteiger charge is 2.52. The number of thiocarbonyl (C=S) groups is 1. The Morgan fingerprint density at radius 1 is 1.50 bits per heavy atom. The van der Waals surface area contributed by atoms with E-state index in [0.29, 0.717) is 4.99 Å². The second-order valence-electron chi connectivity index (χ2n) is 4.44. The van der Waals surface area contributed by atoms with Crippen molar-refractivity contribution in [2.45, 2.75) is 12.8 Å². The first-order valence-electron chi connectivity index (χ1n) is 5.56. The number of amides is 1. The number of aromatic nitrogens is 1. The molecule has 1 aromatic carbocycles. The molecule has 1 aliphatic rings. The highest BCUT2D eigenvalue weighted by Crippen LogP contribution is 2.46. The van der Waals surface area contributed by atoms with Gasteiger partial charge in [-0.2, -0.15) is 0 Å². The van der Waals surface area contributed by atoms with E-state index >= 15 is 0 Å². The summed E-state index contributed by atoms with van der Waals surface area (Å²) in [5.41, 5.74) is 8.50. The van der Waals surface area contributed by atoms with Gasteiger partial charge in [-0.25, -0.2) is 4.98 Å². The predicted octanol–water partition coefficient (Wildman–Crippen LogP) is 2.30. The third-order valence-corrected chi connectivity index (χ3v) is 4.43. The van der Waals surface area contributed by atoms with Crippen LogP contribution < -0.4 is 11.1 Å². The Hall–Kier alpha value is -1.53. The van der Waals surface area contributed by atoms with Crippen LogP contribution in [0.1, 0.15) is 12.8 Å². The van der Waals surface area contributed by atoms with E-state index < -0.39 is 5.41 Å². The average molecular weight is 277 g/mol. The zero-order chi connectivity index (χ0) is 12.8. The quantitative estimate of drug-likeness (QED) is 0.845. The third-order valence-electron chi connectivity index (χ3n) is 3.25. The van der Waals surface area contributed by atoms with Crippen LogP contribution in [0.3, 0.4) is 0 Å². The van der Waals surface area contributed by atoms with Crippen molar-refractivity contribution in [1.82, 2.24) is 4.98 Å². The molecular formula is C12H11N3OS2. The summed E-state index contributed by atoms with van der Waals surface area (Å²) in [7, 11) is 0. The van der Waals surface area contributed by atoms with E-state index in [2.05, 4.69) is 10.3 Å². The zero-order valence-electron chi connectivity index (χ0n) is 9.47. The molecule has 3 N–H and O–H groups in total. The highest BCUT2D eigenvalue weighted by molar-refractivity contribution is 7.80. The molecule has 0 saturated heterocycles. The SMILES string of the molecule is NC(=S)C1(C(=O)Nc2ccc3ncsc3c2)CC1. The molecule has 0 spiro atoms. The Labute approximate surface area is 113 Å². The van der Waals surface area contributed by atoms with Crippen molar-refractivity contribution in [2.75, 3.05) is 5.32 Å². The lowest BCUT2D eigenvalue weighted by atomic mass is 10.1. The van der Waals surface area contributed by atoms with Crippen LogP contribution in [0.5, 0.6) is 0 Å². The minimum Gasteiger partial charge on any atom is -0.392 e. The largest absolute Gasteiger partial charge is 0.392 e. The van der Waals surface area contributed by atoms with Crippen molar-refractivity contribution in [2.24, 2.45) is 11.1 Å². The fraction of sp³-hybridized carbons (Fsp3) is 0.250. The number of rotatable bonds is 3. The molecule has 0 aliphatic heterocycles. The maximum absolute atomic E-state index is 12.1. The van der Waals surface area contributed by atoms with Gasteiger partial charge in [0.1, 0.15) is 0 Å². The second-order valence-corrected chi connectivity index (χ2v) is 5.76. The summed E-state index contributed by atoms with van der Waals surface area (Å²) < 4.78 is 1.05. The lowest BCUT2D eigenvalue weighted by Gasteiger charge is -2.13. The van der Waals surface area contributed by atoms with Crippen molar-refractivity contribution in [1.29, 1.82) is 0 Å². The molecule has 0 atom stereocenters. The molecule has 1 amide bonds. The number of hydrogen-bond acceptors (Lipinski definition) is 4. The molecule has 0 bridgehead atoms. The van der Waals surface area contributed by atoms with E-state index in [-0.39, 0.29) is 5.91 Å². The van der Waals surface area contributed by atoms with Gasteiger partial charge in [-0.05, 0) is 31.0 Å². The molecule has 1 aromatic heterocycles. The minimum atomic E-state index is -0.613. The number of carbonyl (C=O) groups is 1. The number of benzene rings is 1. The van der Waals surface area contributed by atoms with E-state index in [9.17, 15) is 4.79 Å². The topological polar surface area (TPSA) is 68.0 Å². The van der Waals surface area contributed by atoms with Crippen LogP contribution in [0, 0.1) is 5.41 Å². The fourth-order valence-corrected chi connectivity index (χ4v) is 2.91. The van der Waals surface area contributed by atoms with Crippen LogP contribution in [-0.4, -0.2) is 15.9 Å². The Bertz CT molecular complexity index is 646. The van der Waals surface area contributed by atoms with Gasteiger partial charge >= 0.3 is 0 Å². The summed E-state index contributed by atoms with van der Waals surface area (Å²) >= 11 is 6.50. The van der Waals surface area contributed by atoms with Crippen LogP contribution in [0.4, 0.5) is 5.69 Å². The van der Waals surface area contributed by atoms with Gasteiger partial charge in [0.15, 0.2) is 0 Å². The minimum absolute atomic E-state index is 0.0983. The molecule has 4 nitrogen and oxygen atoms in total. The van der Waals surface area contributed by atoms with Crippen LogP contribution in [0.15, 0.2) is 23.7 Å². The summed E-state index contributed by atoms with van der Waals surface area (Å²) in [6.07, 6.45) is 1.49. The molecule has 92 valence electrons. The lowest BCUT2D eigenvalue weighted by molar-refractivity contribution is -0.118. The second kappa shape index (κ2) is 4.00. The molecule has 1 heterocycles. The number of fused-ring (bicyclic) bond motifs is 1. The molecule has 0 unspecified atom stereocenters. The molecule has 6 heteroatoms. The van der Waals surface area contributed by atoms with Crippen molar-refractivity contribution in [3.63, 3.8) is 0 Å². The van der Waals surface area contributed by atoms with Crippen molar-refractivity contribution in [3.8, 4) is 0 Å². The molecule has 1 saturated carbocycles. The Kier molecular flexibility index (Phi) is 2.57. The molecule has 1 aliphatic carbocycles. The number of hydrogen-bond donors (Lipinski definition) is 2. The number of nitrogens with two attached hydrogens (primary N) is 1. The number of thiazole rings is 1. The normalized spacial score (nSPS) is 16.4. The van der Waals surface area contributed by atoms with Gasteiger partial charge in [0.25, 0.3) is 0 Å². The van der Waals surface area contributed by atoms with Crippen molar-refractivity contribution in [3.05, 3.63) is 23.7 Å². The van der Waals surface area contributed by atoms with Gasteiger partial charge in [-0.15, -0.1) is 11.3 Å². The van der Waals surface area contributed by atoms with Gasteiger partial charge in [-0.1, -0.05) is 12.2 Å². The molecule has 0 radical (unpaired) electrons. The Morgan fingerprint density at radius 3 is 2.94 bits per heavy atom. The number of anilines is 1. The van der Waals surface area contributed by atoms with Crippen LogP contribution in [0.2, 0.25) is 0 Å². The molecule has 1 fully saturated rings. The number of carbonyl (C=O) groups excluding carboxylic acids is 1. The van der Waals surface area contributed by atoms with E-state index in [0.717, 1.165) is 28.7 Å². The summed E-state index contributed by atoms with van der Waals surface area (Å²) in [5.74, 6) is -0.0983. The van der Waals surface area contributed by atoms with Crippen LogP contribution in [0.25, 0.3) is 10.2 Å². The highest BCUT2D eigenvalue weighted by atomic mass is 32.1. The van der Waals surface area contributed by atoms with Crippen molar-refractivity contribution < 1.29 is 4.79 Å². The maximum Gasteiger partial charge on any atom is 0.237 e. The van der Waals surface area contributed by atoms with E-state index in [4.69, 9.17) is 18.0 Å². The summed E-state index contributed by atoms with van der Waals surface area (Å²) in [6, 6.07) is 5.65. The van der Waals surface area contributed by atoms with Gasteiger partial charge in [0.05, 0.1) is 26.1 Å².